The molecule has 0 bridgehead atoms. The summed E-state index contributed by atoms with van der Waals surface area (Å²) in [6, 6.07) is 10.6. The van der Waals surface area contributed by atoms with Gasteiger partial charge in [0.1, 0.15) is 0 Å². The van der Waals surface area contributed by atoms with Crippen molar-refractivity contribution in [1.29, 1.82) is 0 Å². The van der Waals surface area contributed by atoms with Crippen LogP contribution in [0.1, 0.15) is 38.2 Å². The number of carbonyl (C=O) groups excluding carboxylic acids is 1. The summed E-state index contributed by atoms with van der Waals surface area (Å²) in [6.45, 7) is 5.99. The molecule has 0 aromatic heterocycles. The molecular formula is C17H26N2O. The molecule has 1 aromatic carbocycles. The van der Waals surface area contributed by atoms with Gasteiger partial charge in [-0.3, -0.25) is 4.79 Å². The van der Waals surface area contributed by atoms with Crippen LogP contribution < -0.4 is 5.32 Å². The summed E-state index contributed by atoms with van der Waals surface area (Å²) in [5.41, 5.74) is 1.11. The molecule has 0 radical (unpaired) electrons. The van der Waals surface area contributed by atoms with Crippen molar-refractivity contribution in [1.82, 2.24) is 10.2 Å². The Balaban J connectivity index is 2.03. The number of likely N-dealkylation sites (tertiary alicyclic amines) is 1. The predicted molar refractivity (Wildman–Crippen MR) is 82.7 cm³/mol. The highest BCUT2D eigenvalue weighted by molar-refractivity contribution is 5.83. The molecule has 0 spiro atoms. The Morgan fingerprint density at radius 1 is 1.40 bits per heavy atom. The van der Waals surface area contributed by atoms with Crippen molar-refractivity contribution >= 4 is 5.91 Å². The first-order valence-electron chi connectivity index (χ1n) is 7.68. The number of benzene rings is 1. The Morgan fingerprint density at radius 2 is 2.10 bits per heavy atom. The van der Waals surface area contributed by atoms with Gasteiger partial charge >= 0.3 is 0 Å². The molecule has 1 saturated heterocycles. The zero-order valence-electron chi connectivity index (χ0n) is 12.8. The minimum atomic E-state index is -0.0418. The van der Waals surface area contributed by atoms with E-state index in [9.17, 15) is 4.79 Å². The van der Waals surface area contributed by atoms with Gasteiger partial charge in [-0.1, -0.05) is 43.7 Å². The van der Waals surface area contributed by atoms with Crippen LogP contribution in [0.3, 0.4) is 0 Å². The summed E-state index contributed by atoms with van der Waals surface area (Å²) < 4.78 is 0. The average Bonchev–Trinajstić information content (AvgIpc) is 2.53. The van der Waals surface area contributed by atoms with E-state index in [1.165, 1.54) is 0 Å². The zero-order chi connectivity index (χ0) is 14.5. The van der Waals surface area contributed by atoms with E-state index in [1.54, 1.807) is 0 Å². The molecule has 3 heteroatoms. The number of nitrogens with one attached hydrogen (secondary N) is 1. The Kier molecular flexibility index (Phi) is 5.18. The second-order valence-electron chi connectivity index (χ2n) is 5.77. The van der Waals surface area contributed by atoms with Gasteiger partial charge in [0.2, 0.25) is 5.91 Å². The highest BCUT2D eigenvalue weighted by Gasteiger charge is 2.31. The number of hydrogen-bond donors (Lipinski definition) is 1. The Bertz CT molecular complexity index is 432. The van der Waals surface area contributed by atoms with E-state index in [0.717, 1.165) is 31.5 Å². The van der Waals surface area contributed by atoms with Crippen molar-refractivity contribution in [2.75, 3.05) is 20.1 Å². The molecule has 1 aliphatic heterocycles. The molecule has 1 aromatic rings. The standard InChI is InChI=1S/C17H26N2O/c1-4-14-12-19(11-10-16(14)18-3)17(20)13(2)15-8-6-5-7-9-15/h5-9,13-14,16,18H,4,10-12H2,1-3H3. The Labute approximate surface area is 122 Å². The van der Waals surface area contributed by atoms with Gasteiger partial charge in [0.15, 0.2) is 0 Å². The fraction of sp³-hybridized carbons (Fsp3) is 0.588. The highest BCUT2D eigenvalue weighted by atomic mass is 16.2. The molecular weight excluding hydrogens is 248 g/mol. The normalized spacial score (nSPS) is 24.4. The molecule has 2 rings (SSSR count). The number of hydrogen-bond acceptors (Lipinski definition) is 2. The van der Waals surface area contributed by atoms with Crippen LogP contribution in [0, 0.1) is 5.92 Å². The molecule has 1 N–H and O–H groups in total. The van der Waals surface area contributed by atoms with E-state index in [1.807, 2.05) is 44.3 Å². The van der Waals surface area contributed by atoms with Crippen LogP contribution in [0.2, 0.25) is 0 Å². The van der Waals surface area contributed by atoms with Crippen LogP contribution in [0.4, 0.5) is 0 Å². The molecule has 3 atom stereocenters. The lowest BCUT2D eigenvalue weighted by Gasteiger charge is -2.39. The summed E-state index contributed by atoms with van der Waals surface area (Å²) >= 11 is 0. The summed E-state index contributed by atoms with van der Waals surface area (Å²) in [4.78, 5) is 14.7. The van der Waals surface area contributed by atoms with Crippen molar-refractivity contribution in [2.45, 2.75) is 38.6 Å². The molecule has 3 unspecified atom stereocenters. The zero-order valence-corrected chi connectivity index (χ0v) is 12.8. The van der Waals surface area contributed by atoms with Crippen LogP contribution in [0.25, 0.3) is 0 Å². The molecule has 0 saturated carbocycles. The van der Waals surface area contributed by atoms with Gasteiger partial charge < -0.3 is 10.2 Å². The van der Waals surface area contributed by atoms with Crippen molar-refractivity contribution < 1.29 is 4.79 Å². The van der Waals surface area contributed by atoms with E-state index in [2.05, 4.69) is 17.1 Å². The van der Waals surface area contributed by atoms with Gasteiger partial charge in [-0.2, -0.15) is 0 Å². The Hall–Kier alpha value is -1.35. The second kappa shape index (κ2) is 6.89. The third kappa shape index (κ3) is 3.21. The lowest BCUT2D eigenvalue weighted by Crippen LogP contribution is -2.50. The van der Waals surface area contributed by atoms with E-state index < -0.39 is 0 Å². The van der Waals surface area contributed by atoms with Gasteiger partial charge in [0.25, 0.3) is 0 Å². The quantitative estimate of drug-likeness (QED) is 0.915. The summed E-state index contributed by atoms with van der Waals surface area (Å²) in [7, 11) is 2.03. The lowest BCUT2D eigenvalue weighted by molar-refractivity contribution is -0.134. The maximum Gasteiger partial charge on any atom is 0.229 e. The maximum atomic E-state index is 12.7. The summed E-state index contributed by atoms with van der Waals surface area (Å²) in [6.07, 6.45) is 2.18. The fourth-order valence-electron chi connectivity index (χ4n) is 3.18. The van der Waals surface area contributed by atoms with Gasteiger partial charge in [-0.05, 0) is 31.9 Å². The second-order valence-corrected chi connectivity index (χ2v) is 5.77. The predicted octanol–water partition coefficient (Wildman–Crippen LogP) is 2.64. The van der Waals surface area contributed by atoms with Crippen LogP contribution in [0.5, 0.6) is 0 Å². The molecule has 1 fully saturated rings. The average molecular weight is 274 g/mol. The highest BCUT2D eigenvalue weighted by Crippen LogP contribution is 2.24. The molecule has 20 heavy (non-hydrogen) atoms. The van der Waals surface area contributed by atoms with Gasteiger partial charge in [-0.25, -0.2) is 0 Å². The molecule has 110 valence electrons. The first-order chi connectivity index (χ1) is 9.67. The van der Waals surface area contributed by atoms with Gasteiger partial charge in [-0.15, -0.1) is 0 Å². The third-order valence-corrected chi connectivity index (χ3v) is 4.61. The van der Waals surface area contributed by atoms with Crippen molar-refractivity contribution in [3.05, 3.63) is 35.9 Å². The lowest BCUT2D eigenvalue weighted by atomic mass is 9.89. The minimum absolute atomic E-state index is 0.0418. The number of amides is 1. The summed E-state index contributed by atoms with van der Waals surface area (Å²) in [5.74, 6) is 0.796. The monoisotopic (exact) mass is 274 g/mol. The van der Waals surface area contributed by atoms with Crippen LogP contribution in [-0.4, -0.2) is 37.0 Å². The number of nitrogens with zero attached hydrogens (tertiary/aromatic N) is 1. The largest absolute Gasteiger partial charge is 0.342 e. The fourth-order valence-corrected chi connectivity index (χ4v) is 3.18. The van der Waals surface area contributed by atoms with Gasteiger partial charge in [0.05, 0.1) is 5.92 Å². The topological polar surface area (TPSA) is 32.3 Å². The molecule has 1 aliphatic rings. The van der Waals surface area contributed by atoms with Crippen LogP contribution in [0.15, 0.2) is 30.3 Å². The van der Waals surface area contributed by atoms with Crippen LogP contribution in [-0.2, 0) is 4.79 Å². The number of carbonyl (C=O) groups is 1. The molecule has 0 aliphatic carbocycles. The van der Waals surface area contributed by atoms with E-state index in [-0.39, 0.29) is 11.8 Å². The first kappa shape index (κ1) is 15.0. The summed E-state index contributed by atoms with van der Waals surface area (Å²) in [5, 5.41) is 3.39. The minimum Gasteiger partial charge on any atom is -0.342 e. The number of piperidine rings is 1. The van der Waals surface area contributed by atoms with Gasteiger partial charge in [0, 0.05) is 19.1 Å². The number of rotatable bonds is 4. The molecule has 1 amide bonds. The van der Waals surface area contributed by atoms with E-state index in [0.29, 0.717) is 12.0 Å². The Morgan fingerprint density at radius 3 is 2.70 bits per heavy atom. The van der Waals surface area contributed by atoms with Crippen LogP contribution >= 0.6 is 0 Å². The first-order valence-corrected chi connectivity index (χ1v) is 7.68. The smallest absolute Gasteiger partial charge is 0.229 e. The van der Waals surface area contributed by atoms with E-state index >= 15 is 0 Å². The van der Waals surface area contributed by atoms with Crippen molar-refractivity contribution in [2.24, 2.45) is 5.92 Å². The van der Waals surface area contributed by atoms with Crippen molar-refractivity contribution in [3.8, 4) is 0 Å². The maximum absolute atomic E-state index is 12.7. The SMILES string of the molecule is CCC1CN(C(=O)C(C)c2ccccc2)CCC1NC. The third-order valence-electron chi connectivity index (χ3n) is 4.61. The molecule has 3 nitrogen and oxygen atoms in total. The molecule has 1 heterocycles. The van der Waals surface area contributed by atoms with Crippen molar-refractivity contribution in [3.63, 3.8) is 0 Å². The van der Waals surface area contributed by atoms with E-state index in [4.69, 9.17) is 0 Å².